The van der Waals surface area contributed by atoms with Crippen molar-refractivity contribution in [1.29, 1.82) is 0 Å². The number of nitrogens with zero attached hydrogens (tertiary/aromatic N) is 1. The minimum absolute atomic E-state index is 0.264. The minimum atomic E-state index is -1.70. The van der Waals surface area contributed by atoms with Crippen LogP contribution in [0.2, 0.25) is 0 Å². The maximum absolute atomic E-state index is 14.0. The average Bonchev–Trinajstić information content (AvgIpc) is 3.27. The number of carbonyl (C=O) groups excluding carboxylic acids is 3. The average molecular weight is 530 g/mol. The summed E-state index contributed by atoms with van der Waals surface area (Å²) in [6, 6.07) is 14.4. The lowest BCUT2D eigenvalue weighted by Gasteiger charge is -2.47. The van der Waals surface area contributed by atoms with E-state index >= 15 is 0 Å². The van der Waals surface area contributed by atoms with Crippen LogP contribution in [0.5, 0.6) is 0 Å². The van der Waals surface area contributed by atoms with Crippen LogP contribution in [0.4, 0.5) is 0 Å². The van der Waals surface area contributed by atoms with Crippen LogP contribution in [0.15, 0.2) is 53.4 Å². The number of fused-ring (bicyclic) bond motifs is 1. The van der Waals surface area contributed by atoms with Gasteiger partial charge in [-0.05, 0) is 30.2 Å². The Morgan fingerprint density at radius 2 is 1.46 bits per heavy atom. The zero-order chi connectivity index (χ0) is 26.7. The van der Waals surface area contributed by atoms with Crippen molar-refractivity contribution in [2.75, 3.05) is 6.61 Å². The van der Waals surface area contributed by atoms with Crippen LogP contribution in [0.25, 0.3) is 0 Å². The molecular formula is C27H31NO8S. The molecule has 1 unspecified atom stereocenters. The normalized spacial score (nSPS) is 26.1. The molecule has 1 saturated heterocycles. The molecule has 0 N–H and O–H groups in total. The lowest BCUT2D eigenvalue weighted by molar-refractivity contribution is -0.223. The Bertz CT molecular complexity index is 1160. The number of aryl methyl sites for hydroxylation is 1. The van der Waals surface area contributed by atoms with Crippen LogP contribution >= 0.6 is 0 Å². The van der Waals surface area contributed by atoms with Crippen LogP contribution in [-0.4, -0.2) is 63.4 Å². The largest absolute Gasteiger partial charge is 0.463 e. The number of ether oxygens (including phenoxy) is 4. The second-order valence-electron chi connectivity index (χ2n) is 9.27. The molecule has 2 aliphatic heterocycles. The summed E-state index contributed by atoms with van der Waals surface area (Å²) in [5, 5.41) is 0. The lowest BCUT2D eigenvalue weighted by Crippen LogP contribution is -2.66. The highest BCUT2D eigenvalue weighted by atomic mass is 32.2. The van der Waals surface area contributed by atoms with E-state index in [4.69, 9.17) is 18.9 Å². The van der Waals surface area contributed by atoms with Crippen LogP contribution in [0.3, 0.4) is 0 Å². The van der Waals surface area contributed by atoms with Crippen molar-refractivity contribution in [1.82, 2.24) is 4.90 Å². The van der Waals surface area contributed by atoms with Crippen molar-refractivity contribution in [3.63, 3.8) is 0 Å². The Balaban J connectivity index is 1.78. The molecule has 2 heterocycles. The smallest absolute Gasteiger partial charge is 0.303 e. The quantitative estimate of drug-likeness (QED) is 0.395. The molecule has 4 rings (SSSR count). The fourth-order valence-corrected chi connectivity index (χ4v) is 6.32. The molecule has 0 amide bonds. The standard InChI is InChI=1S/C27H31NO8S/c1-16-9-11-22(12-10-16)37(32)27-24(28-13-20-7-5-6-8-21(20)14-28)26(35-19(4)31)25(34-18(3)30)23(36-27)15-33-17(2)29/h5-12,23-27H,13-15H2,1-4H3/t23-,24-,25-,26-,27+,37?/m1/s1. The summed E-state index contributed by atoms with van der Waals surface area (Å²) in [4.78, 5) is 38.6. The van der Waals surface area contributed by atoms with E-state index in [2.05, 4.69) is 0 Å². The van der Waals surface area contributed by atoms with E-state index in [9.17, 15) is 18.6 Å². The summed E-state index contributed by atoms with van der Waals surface area (Å²) in [7, 11) is -1.70. The van der Waals surface area contributed by atoms with Gasteiger partial charge in [0.25, 0.3) is 0 Å². The van der Waals surface area contributed by atoms with Crippen LogP contribution in [0.1, 0.15) is 37.5 Å². The van der Waals surface area contributed by atoms with Crippen molar-refractivity contribution < 1.29 is 37.5 Å². The maximum atomic E-state index is 14.0. The van der Waals surface area contributed by atoms with E-state index in [1.54, 1.807) is 12.1 Å². The first kappa shape index (κ1) is 27.0. The van der Waals surface area contributed by atoms with Gasteiger partial charge in [-0.25, -0.2) is 0 Å². The van der Waals surface area contributed by atoms with Crippen molar-refractivity contribution in [2.24, 2.45) is 0 Å². The Labute approximate surface area is 218 Å². The maximum Gasteiger partial charge on any atom is 0.303 e. The van der Waals surface area contributed by atoms with Crippen LogP contribution in [0, 0.1) is 6.92 Å². The van der Waals surface area contributed by atoms with Gasteiger partial charge in [0.2, 0.25) is 0 Å². The molecule has 10 heteroatoms. The Kier molecular flexibility index (Phi) is 8.41. The predicted octanol–water partition coefficient (Wildman–Crippen LogP) is 2.64. The molecule has 0 aliphatic carbocycles. The van der Waals surface area contributed by atoms with E-state index in [1.165, 1.54) is 20.8 Å². The third kappa shape index (κ3) is 6.26. The van der Waals surface area contributed by atoms with Crippen molar-refractivity contribution >= 4 is 28.7 Å². The number of hydrogen-bond acceptors (Lipinski definition) is 9. The molecule has 2 aliphatic rings. The number of esters is 3. The Morgan fingerprint density at radius 3 is 2.00 bits per heavy atom. The summed E-state index contributed by atoms with van der Waals surface area (Å²) < 4.78 is 36.9. The van der Waals surface area contributed by atoms with Gasteiger partial charge in [0, 0.05) is 38.8 Å². The van der Waals surface area contributed by atoms with Crippen molar-refractivity contribution in [3.05, 3.63) is 65.2 Å². The first-order valence-corrected chi connectivity index (χ1v) is 13.3. The topological polar surface area (TPSA) is 108 Å². The van der Waals surface area contributed by atoms with Crippen molar-refractivity contribution in [3.8, 4) is 0 Å². The Morgan fingerprint density at radius 1 is 0.892 bits per heavy atom. The van der Waals surface area contributed by atoms with Crippen molar-refractivity contribution in [2.45, 2.75) is 75.5 Å². The number of benzene rings is 2. The van der Waals surface area contributed by atoms with E-state index in [1.807, 2.05) is 48.2 Å². The number of carbonyl (C=O) groups is 3. The third-order valence-electron chi connectivity index (χ3n) is 6.42. The molecule has 0 spiro atoms. The van der Waals surface area contributed by atoms with E-state index in [0.29, 0.717) is 18.0 Å². The second kappa shape index (κ2) is 11.5. The Hall–Kier alpha value is -3.08. The van der Waals surface area contributed by atoms with Crippen LogP contribution in [-0.2, 0) is 57.2 Å². The molecule has 1 fully saturated rings. The highest BCUT2D eigenvalue weighted by Crippen LogP contribution is 2.37. The molecule has 0 radical (unpaired) electrons. The van der Waals surface area contributed by atoms with Gasteiger partial charge in [-0.1, -0.05) is 42.0 Å². The van der Waals surface area contributed by atoms with Gasteiger partial charge >= 0.3 is 17.9 Å². The molecule has 2 aromatic carbocycles. The van der Waals surface area contributed by atoms with Gasteiger partial charge in [-0.2, -0.15) is 0 Å². The zero-order valence-corrected chi connectivity index (χ0v) is 22.1. The fourth-order valence-electron chi connectivity index (χ4n) is 4.82. The monoisotopic (exact) mass is 529 g/mol. The van der Waals surface area contributed by atoms with Gasteiger partial charge in [-0.15, -0.1) is 0 Å². The van der Waals surface area contributed by atoms with E-state index < -0.39 is 58.5 Å². The molecule has 0 saturated carbocycles. The molecule has 0 bridgehead atoms. The highest BCUT2D eigenvalue weighted by molar-refractivity contribution is 7.85. The molecule has 0 aromatic heterocycles. The second-order valence-corrected chi connectivity index (χ2v) is 10.8. The van der Waals surface area contributed by atoms with Gasteiger partial charge in [0.15, 0.2) is 17.6 Å². The third-order valence-corrected chi connectivity index (χ3v) is 7.97. The molecule has 2 aromatic rings. The molecule has 37 heavy (non-hydrogen) atoms. The molecule has 9 nitrogen and oxygen atoms in total. The highest BCUT2D eigenvalue weighted by Gasteiger charge is 2.55. The first-order valence-electron chi connectivity index (χ1n) is 12.1. The molecular weight excluding hydrogens is 498 g/mol. The van der Waals surface area contributed by atoms with Crippen LogP contribution < -0.4 is 0 Å². The predicted molar refractivity (Wildman–Crippen MR) is 133 cm³/mol. The molecule has 6 atom stereocenters. The summed E-state index contributed by atoms with van der Waals surface area (Å²) in [5.41, 5.74) is 2.22. The van der Waals surface area contributed by atoms with Gasteiger partial charge in [0.1, 0.15) is 12.7 Å². The van der Waals surface area contributed by atoms with E-state index in [-0.39, 0.29) is 6.61 Å². The minimum Gasteiger partial charge on any atom is -0.463 e. The lowest BCUT2D eigenvalue weighted by atomic mass is 9.96. The van der Waals surface area contributed by atoms with Gasteiger partial charge in [0.05, 0.1) is 16.8 Å². The zero-order valence-electron chi connectivity index (χ0n) is 21.2. The molecule has 198 valence electrons. The summed E-state index contributed by atoms with van der Waals surface area (Å²) in [6.45, 7) is 6.44. The first-order chi connectivity index (χ1) is 17.6. The van der Waals surface area contributed by atoms with Gasteiger partial charge in [-0.3, -0.25) is 23.5 Å². The van der Waals surface area contributed by atoms with E-state index in [0.717, 1.165) is 16.7 Å². The number of rotatable bonds is 7. The SMILES string of the molecule is CC(=O)OC[C@H]1O[C@@H](S(=O)c2ccc(C)cc2)[C@H](N2Cc3ccccc3C2)[C@@H](OC(C)=O)[C@@H]1OC(C)=O. The summed E-state index contributed by atoms with van der Waals surface area (Å²) in [6.07, 6.45) is -3.11. The fraction of sp³-hybridized carbons (Fsp3) is 0.444. The van der Waals surface area contributed by atoms with Gasteiger partial charge < -0.3 is 18.9 Å². The summed E-state index contributed by atoms with van der Waals surface area (Å²) in [5.74, 6) is -1.75. The number of hydrogen-bond donors (Lipinski definition) is 0. The summed E-state index contributed by atoms with van der Waals surface area (Å²) >= 11 is 0.